The Kier molecular flexibility index (Phi) is 5.62. The molecule has 0 amide bonds. The molecule has 4 nitrogen and oxygen atoms in total. The summed E-state index contributed by atoms with van der Waals surface area (Å²) in [6, 6.07) is 4.50. The van der Waals surface area contributed by atoms with Gasteiger partial charge in [-0.3, -0.25) is 4.90 Å². The molecule has 1 atom stereocenters. The number of likely N-dealkylation sites (tertiary alicyclic amines) is 1. The lowest BCUT2D eigenvalue weighted by Crippen LogP contribution is -2.26. The van der Waals surface area contributed by atoms with E-state index in [9.17, 15) is 0 Å². The zero-order valence-corrected chi connectivity index (χ0v) is 12.6. The van der Waals surface area contributed by atoms with Crippen molar-refractivity contribution in [1.29, 1.82) is 0 Å². The highest BCUT2D eigenvalue weighted by Crippen LogP contribution is 2.13. The van der Waals surface area contributed by atoms with Gasteiger partial charge in [-0.05, 0) is 25.0 Å². The van der Waals surface area contributed by atoms with E-state index in [2.05, 4.69) is 45.7 Å². The lowest BCUT2D eigenvalue weighted by molar-refractivity contribution is 0.323. The number of rotatable bonds is 2. The number of halogens is 2. The van der Waals surface area contributed by atoms with Crippen molar-refractivity contribution in [3.8, 4) is 0 Å². The summed E-state index contributed by atoms with van der Waals surface area (Å²) < 4.78 is 2.10. The maximum atomic E-state index is 5.91. The second kappa shape index (κ2) is 6.57. The van der Waals surface area contributed by atoms with Crippen molar-refractivity contribution in [2.75, 3.05) is 13.1 Å². The van der Waals surface area contributed by atoms with E-state index >= 15 is 0 Å². The average Bonchev–Trinajstić information content (AvgIpc) is 2.84. The quantitative estimate of drug-likeness (QED) is 0.923. The zero-order chi connectivity index (χ0) is 11.8. The topological polar surface area (TPSA) is 46.6 Å². The van der Waals surface area contributed by atoms with E-state index in [-0.39, 0.29) is 24.8 Å². The summed E-state index contributed by atoms with van der Waals surface area (Å²) in [7, 11) is 0. The number of nitrogens with two attached hydrogens (primary N) is 1. The molecule has 1 saturated heterocycles. The molecule has 0 aliphatic carbocycles. The minimum Gasteiger partial charge on any atom is -0.326 e. The van der Waals surface area contributed by atoms with Gasteiger partial charge in [0.15, 0.2) is 0 Å². The number of fused-ring (bicyclic) bond motifs is 1. The number of aryl methyl sites for hydroxylation is 1. The molecule has 0 saturated carbocycles. The molecule has 3 rings (SSSR count). The van der Waals surface area contributed by atoms with Crippen LogP contribution >= 0.6 is 24.8 Å². The summed E-state index contributed by atoms with van der Waals surface area (Å²) >= 11 is 0. The molecule has 2 N–H and O–H groups in total. The van der Waals surface area contributed by atoms with Crippen LogP contribution in [0.1, 0.15) is 17.7 Å². The molecule has 3 heterocycles. The van der Waals surface area contributed by atoms with Crippen molar-refractivity contribution >= 4 is 30.5 Å². The van der Waals surface area contributed by atoms with Crippen molar-refractivity contribution < 1.29 is 0 Å². The summed E-state index contributed by atoms with van der Waals surface area (Å²) in [5, 5.41) is 0. The normalized spacial score (nSPS) is 19.2. The Morgan fingerprint density at radius 3 is 2.79 bits per heavy atom. The molecule has 2 aromatic heterocycles. The summed E-state index contributed by atoms with van der Waals surface area (Å²) in [5.74, 6) is 0. The van der Waals surface area contributed by atoms with Gasteiger partial charge in [0.1, 0.15) is 5.65 Å². The number of pyridine rings is 1. The second-order valence-corrected chi connectivity index (χ2v) is 4.99. The first-order valence-electron chi connectivity index (χ1n) is 6.13. The number of hydrogen-bond donors (Lipinski definition) is 1. The Hall–Kier alpha value is -0.810. The summed E-state index contributed by atoms with van der Waals surface area (Å²) in [6.45, 7) is 5.09. The van der Waals surface area contributed by atoms with Crippen LogP contribution < -0.4 is 5.73 Å². The number of aromatic nitrogens is 2. The van der Waals surface area contributed by atoms with Crippen LogP contribution in [0.2, 0.25) is 0 Å². The Morgan fingerprint density at radius 2 is 2.11 bits per heavy atom. The SMILES string of the molecule is Cc1ccc2nc(CN3CC[C@H](N)C3)cn2c1.Cl.Cl. The molecule has 0 spiro atoms. The third kappa shape index (κ3) is 3.60. The molecule has 0 radical (unpaired) electrons. The van der Waals surface area contributed by atoms with Crippen LogP contribution in [0.25, 0.3) is 5.65 Å². The highest BCUT2D eigenvalue weighted by atomic mass is 35.5. The van der Waals surface area contributed by atoms with E-state index in [1.807, 2.05) is 0 Å². The lowest BCUT2D eigenvalue weighted by atomic mass is 10.3. The van der Waals surface area contributed by atoms with Gasteiger partial charge in [-0.15, -0.1) is 24.8 Å². The van der Waals surface area contributed by atoms with Crippen LogP contribution in [0, 0.1) is 6.92 Å². The molecular weight excluding hydrogens is 283 g/mol. The molecule has 106 valence electrons. The molecule has 2 aromatic rings. The van der Waals surface area contributed by atoms with Crippen molar-refractivity contribution in [1.82, 2.24) is 14.3 Å². The molecule has 1 aliphatic rings. The smallest absolute Gasteiger partial charge is 0.137 e. The fraction of sp³-hybridized carbons (Fsp3) is 0.462. The number of hydrogen-bond acceptors (Lipinski definition) is 3. The first kappa shape index (κ1) is 16.2. The van der Waals surface area contributed by atoms with Gasteiger partial charge in [-0.1, -0.05) is 6.07 Å². The van der Waals surface area contributed by atoms with Gasteiger partial charge < -0.3 is 10.1 Å². The Balaban J connectivity index is 0.000000902. The van der Waals surface area contributed by atoms with Gasteiger partial charge >= 0.3 is 0 Å². The second-order valence-electron chi connectivity index (χ2n) is 4.99. The van der Waals surface area contributed by atoms with Gasteiger partial charge in [0.05, 0.1) is 5.69 Å². The highest BCUT2D eigenvalue weighted by molar-refractivity contribution is 5.85. The van der Waals surface area contributed by atoms with E-state index < -0.39 is 0 Å². The third-order valence-electron chi connectivity index (χ3n) is 3.34. The average molecular weight is 303 g/mol. The largest absolute Gasteiger partial charge is 0.326 e. The van der Waals surface area contributed by atoms with Crippen LogP contribution in [-0.4, -0.2) is 33.4 Å². The number of nitrogens with zero attached hydrogens (tertiary/aromatic N) is 3. The van der Waals surface area contributed by atoms with Crippen LogP contribution in [0.4, 0.5) is 0 Å². The van der Waals surface area contributed by atoms with Gasteiger partial charge in [-0.2, -0.15) is 0 Å². The van der Waals surface area contributed by atoms with Crippen molar-refractivity contribution in [3.63, 3.8) is 0 Å². The van der Waals surface area contributed by atoms with Gasteiger partial charge in [0.25, 0.3) is 0 Å². The summed E-state index contributed by atoms with van der Waals surface area (Å²) in [4.78, 5) is 7.00. The fourth-order valence-corrected chi connectivity index (χ4v) is 2.47. The highest BCUT2D eigenvalue weighted by Gasteiger charge is 2.19. The Morgan fingerprint density at radius 1 is 1.32 bits per heavy atom. The molecule has 1 aliphatic heterocycles. The first-order chi connectivity index (χ1) is 8.20. The number of imidazole rings is 1. The predicted octanol–water partition coefficient (Wildman–Crippen LogP) is 2.02. The lowest BCUT2D eigenvalue weighted by Gasteiger charge is -2.12. The Bertz CT molecular complexity index is 540. The van der Waals surface area contributed by atoms with E-state index in [0.29, 0.717) is 6.04 Å². The van der Waals surface area contributed by atoms with Crippen LogP contribution in [0.5, 0.6) is 0 Å². The molecule has 0 aromatic carbocycles. The standard InChI is InChI=1S/C13H18N4.2ClH/c1-10-2-3-13-15-12(9-17(13)6-10)8-16-5-4-11(14)7-16;;/h2-3,6,9,11H,4-5,7-8,14H2,1H3;2*1H/t11-;;/m0../s1. The molecule has 6 heteroatoms. The van der Waals surface area contributed by atoms with Gasteiger partial charge in [0.2, 0.25) is 0 Å². The first-order valence-corrected chi connectivity index (χ1v) is 6.13. The van der Waals surface area contributed by atoms with E-state index in [1.165, 1.54) is 5.56 Å². The fourth-order valence-electron chi connectivity index (χ4n) is 2.47. The minimum atomic E-state index is 0. The molecule has 1 fully saturated rings. The van der Waals surface area contributed by atoms with Gasteiger partial charge in [0, 0.05) is 38.1 Å². The van der Waals surface area contributed by atoms with Crippen LogP contribution in [-0.2, 0) is 6.54 Å². The van der Waals surface area contributed by atoms with E-state index in [1.54, 1.807) is 0 Å². The minimum absolute atomic E-state index is 0. The van der Waals surface area contributed by atoms with Crippen LogP contribution in [0.3, 0.4) is 0 Å². The third-order valence-corrected chi connectivity index (χ3v) is 3.34. The summed E-state index contributed by atoms with van der Waals surface area (Å²) in [6.07, 6.45) is 5.33. The Labute approximate surface area is 125 Å². The molecule has 0 bridgehead atoms. The maximum absolute atomic E-state index is 5.91. The van der Waals surface area contributed by atoms with E-state index in [4.69, 9.17) is 5.73 Å². The zero-order valence-electron chi connectivity index (χ0n) is 11.0. The maximum Gasteiger partial charge on any atom is 0.137 e. The van der Waals surface area contributed by atoms with Crippen molar-refractivity contribution in [2.24, 2.45) is 5.73 Å². The molecule has 0 unspecified atom stereocenters. The van der Waals surface area contributed by atoms with E-state index in [0.717, 1.165) is 37.4 Å². The van der Waals surface area contributed by atoms with Crippen LogP contribution in [0.15, 0.2) is 24.5 Å². The predicted molar refractivity (Wildman–Crippen MR) is 82.3 cm³/mol. The monoisotopic (exact) mass is 302 g/mol. The van der Waals surface area contributed by atoms with Gasteiger partial charge in [-0.25, -0.2) is 4.98 Å². The molecular formula is C13H20Cl2N4. The summed E-state index contributed by atoms with van der Waals surface area (Å²) in [5.41, 5.74) is 9.31. The molecule has 19 heavy (non-hydrogen) atoms. The van der Waals surface area contributed by atoms with Crippen molar-refractivity contribution in [3.05, 3.63) is 35.8 Å². The van der Waals surface area contributed by atoms with Crippen molar-refractivity contribution in [2.45, 2.75) is 25.9 Å².